The van der Waals surface area contributed by atoms with Crippen molar-refractivity contribution in [1.82, 2.24) is 20.0 Å². The van der Waals surface area contributed by atoms with Crippen molar-refractivity contribution in [3.63, 3.8) is 0 Å². The SMILES string of the molecule is CCN[C@H](C)CNS(=O)(=O)c1cnc(-c2ccccc2)nc1.Cl. The molecule has 2 aromatic rings. The van der Waals surface area contributed by atoms with Crippen LogP contribution in [0.5, 0.6) is 0 Å². The van der Waals surface area contributed by atoms with E-state index in [1.54, 1.807) is 0 Å². The normalized spacial score (nSPS) is 12.4. The van der Waals surface area contributed by atoms with Gasteiger partial charge in [-0.3, -0.25) is 0 Å². The van der Waals surface area contributed by atoms with E-state index in [1.165, 1.54) is 12.4 Å². The Morgan fingerprint density at radius 3 is 2.30 bits per heavy atom. The first-order chi connectivity index (χ1) is 10.5. The number of halogens is 1. The molecule has 23 heavy (non-hydrogen) atoms. The van der Waals surface area contributed by atoms with Crippen LogP contribution in [-0.4, -0.2) is 37.5 Å². The van der Waals surface area contributed by atoms with Crippen molar-refractivity contribution in [1.29, 1.82) is 0 Å². The molecule has 0 aliphatic carbocycles. The van der Waals surface area contributed by atoms with Gasteiger partial charge < -0.3 is 5.32 Å². The molecule has 0 saturated heterocycles. The number of nitrogens with zero attached hydrogens (tertiary/aromatic N) is 2. The van der Waals surface area contributed by atoms with Gasteiger partial charge in [0.25, 0.3) is 0 Å². The van der Waals surface area contributed by atoms with Gasteiger partial charge in [-0.1, -0.05) is 37.3 Å². The molecule has 0 fully saturated rings. The molecule has 8 heteroatoms. The summed E-state index contributed by atoms with van der Waals surface area (Å²) in [6.45, 7) is 5.00. The van der Waals surface area contributed by atoms with Gasteiger partial charge >= 0.3 is 0 Å². The van der Waals surface area contributed by atoms with E-state index in [1.807, 2.05) is 44.2 Å². The number of sulfonamides is 1. The predicted octanol–water partition coefficient (Wildman–Crippen LogP) is 1.84. The minimum absolute atomic E-state index is 0. The highest BCUT2D eigenvalue weighted by Crippen LogP contribution is 2.14. The highest BCUT2D eigenvalue weighted by molar-refractivity contribution is 7.89. The second kappa shape index (κ2) is 8.93. The first-order valence-corrected chi connectivity index (χ1v) is 8.61. The van der Waals surface area contributed by atoms with Gasteiger partial charge in [-0.05, 0) is 13.5 Å². The van der Waals surface area contributed by atoms with E-state index in [0.717, 1.165) is 12.1 Å². The fraction of sp³-hybridized carbons (Fsp3) is 0.333. The zero-order valence-corrected chi connectivity index (χ0v) is 14.7. The fourth-order valence-electron chi connectivity index (χ4n) is 1.93. The molecule has 0 amide bonds. The van der Waals surface area contributed by atoms with Gasteiger partial charge in [-0.25, -0.2) is 23.1 Å². The summed E-state index contributed by atoms with van der Waals surface area (Å²) in [5.41, 5.74) is 0.847. The molecule has 0 aliphatic rings. The molecular formula is C15H21ClN4O2S. The van der Waals surface area contributed by atoms with Crippen LogP contribution < -0.4 is 10.0 Å². The fourth-order valence-corrected chi connectivity index (χ4v) is 2.95. The lowest BCUT2D eigenvalue weighted by Crippen LogP contribution is -2.38. The van der Waals surface area contributed by atoms with Crippen LogP contribution in [0.1, 0.15) is 13.8 Å². The number of hydrogen-bond donors (Lipinski definition) is 2. The van der Waals surface area contributed by atoms with Crippen molar-refractivity contribution in [2.45, 2.75) is 24.8 Å². The summed E-state index contributed by atoms with van der Waals surface area (Å²) in [7, 11) is -3.59. The lowest BCUT2D eigenvalue weighted by molar-refractivity contribution is 0.536. The topological polar surface area (TPSA) is 84.0 Å². The molecule has 0 saturated carbocycles. The highest BCUT2D eigenvalue weighted by atomic mass is 35.5. The number of nitrogens with one attached hydrogen (secondary N) is 2. The number of hydrogen-bond acceptors (Lipinski definition) is 5. The van der Waals surface area contributed by atoms with E-state index in [9.17, 15) is 8.42 Å². The smallest absolute Gasteiger partial charge is 0.243 e. The van der Waals surface area contributed by atoms with Crippen LogP contribution in [0.15, 0.2) is 47.6 Å². The zero-order valence-electron chi connectivity index (χ0n) is 13.1. The summed E-state index contributed by atoms with van der Waals surface area (Å²) in [6.07, 6.45) is 2.66. The van der Waals surface area contributed by atoms with E-state index in [2.05, 4.69) is 20.0 Å². The van der Waals surface area contributed by atoms with Crippen LogP contribution in [0.2, 0.25) is 0 Å². The maximum atomic E-state index is 12.2. The Morgan fingerprint density at radius 1 is 1.13 bits per heavy atom. The maximum absolute atomic E-state index is 12.2. The molecule has 2 N–H and O–H groups in total. The third-order valence-electron chi connectivity index (χ3n) is 3.10. The average Bonchev–Trinajstić information content (AvgIpc) is 2.54. The largest absolute Gasteiger partial charge is 0.313 e. The summed E-state index contributed by atoms with van der Waals surface area (Å²) in [5, 5.41) is 3.14. The summed E-state index contributed by atoms with van der Waals surface area (Å²) in [5.74, 6) is 0.501. The molecule has 2 rings (SSSR count). The third kappa shape index (κ3) is 5.54. The summed E-state index contributed by atoms with van der Waals surface area (Å²) >= 11 is 0. The van der Waals surface area contributed by atoms with Crippen molar-refractivity contribution < 1.29 is 8.42 Å². The van der Waals surface area contributed by atoms with E-state index >= 15 is 0 Å². The molecule has 0 bridgehead atoms. The first kappa shape index (κ1) is 19.5. The Kier molecular flexibility index (Phi) is 7.57. The molecule has 6 nitrogen and oxygen atoms in total. The van der Waals surface area contributed by atoms with Crippen LogP contribution in [-0.2, 0) is 10.0 Å². The minimum atomic E-state index is -3.59. The molecule has 1 heterocycles. The van der Waals surface area contributed by atoms with Gasteiger partial charge in [-0.15, -0.1) is 12.4 Å². The Hall–Kier alpha value is -1.54. The minimum Gasteiger partial charge on any atom is -0.313 e. The highest BCUT2D eigenvalue weighted by Gasteiger charge is 2.16. The standard InChI is InChI=1S/C15H20N4O2S.ClH/c1-3-16-12(2)9-19-22(20,21)14-10-17-15(18-11-14)13-7-5-4-6-8-13;/h4-8,10-12,16,19H,3,9H2,1-2H3;1H/t12-;/m1./s1. The van der Waals surface area contributed by atoms with Crippen molar-refractivity contribution >= 4 is 22.4 Å². The monoisotopic (exact) mass is 356 g/mol. The van der Waals surface area contributed by atoms with Gasteiger partial charge in [0, 0.05) is 18.2 Å². The quantitative estimate of drug-likeness (QED) is 0.790. The van der Waals surface area contributed by atoms with Crippen LogP contribution in [0.25, 0.3) is 11.4 Å². The average molecular weight is 357 g/mol. The predicted molar refractivity (Wildman–Crippen MR) is 93.0 cm³/mol. The lowest BCUT2D eigenvalue weighted by atomic mass is 10.2. The second-order valence-electron chi connectivity index (χ2n) is 4.92. The first-order valence-electron chi connectivity index (χ1n) is 7.13. The van der Waals surface area contributed by atoms with Gasteiger partial charge in [0.05, 0.1) is 12.4 Å². The van der Waals surface area contributed by atoms with Gasteiger partial charge in [-0.2, -0.15) is 0 Å². The maximum Gasteiger partial charge on any atom is 0.243 e. The van der Waals surface area contributed by atoms with Crippen LogP contribution in [0.3, 0.4) is 0 Å². The van der Waals surface area contributed by atoms with Crippen LogP contribution >= 0.6 is 12.4 Å². The second-order valence-corrected chi connectivity index (χ2v) is 6.69. The van der Waals surface area contributed by atoms with E-state index in [-0.39, 0.29) is 23.3 Å². The lowest BCUT2D eigenvalue weighted by Gasteiger charge is -2.13. The zero-order chi connectivity index (χ0) is 16.0. The third-order valence-corrected chi connectivity index (χ3v) is 4.48. The van der Waals surface area contributed by atoms with E-state index in [4.69, 9.17) is 0 Å². The molecule has 0 unspecified atom stereocenters. The van der Waals surface area contributed by atoms with Crippen molar-refractivity contribution in [2.24, 2.45) is 0 Å². The molecule has 0 radical (unpaired) electrons. The summed E-state index contributed by atoms with van der Waals surface area (Å²) in [4.78, 5) is 8.33. The molecule has 0 aliphatic heterocycles. The van der Waals surface area contributed by atoms with Gasteiger partial charge in [0.15, 0.2) is 5.82 Å². The van der Waals surface area contributed by atoms with Crippen LogP contribution in [0.4, 0.5) is 0 Å². The molecule has 126 valence electrons. The Bertz CT molecular complexity index is 693. The Balaban J connectivity index is 0.00000264. The molecule has 1 aromatic heterocycles. The van der Waals surface area contributed by atoms with E-state index < -0.39 is 10.0 Å². The molecule has 1 atom stereocenters. The van der Waals surface area contributed by atoms with Crippen LogP contribution in [0, 0.1) is 0 Å². The Labute approximate surface area is 143 Å². The number of aromatic nitrogens is 2. The number of likely N-dealkylation sites (N-methyl/N-ethyl adjacent to an activating group) is 1. The van der Waals surface area contributed by atoms with E-state index in [0.29, 0.717) is 12.4 Å². The van der Waals surface area contributed by atoms with Crippen molar-refractivity contribution in [2.75, 3.05) is 13.1 Å². The number of rotatable bonds is 7. The summed E-state index contributed by atoms with van der Waals surface area (Å²) in [6, 6.07) is 9.47. The number of benzene rings is 1. The van der Waals surface area contributed by atoms with Gasteiger partial charge in [0.1, 0.15) is 4.90 Å². The summed E-state index contributed by atoms with van der Waals surface area (Å²) < 4.78 is 26.9. The molecular weight excluding hydrogens is 336 g/mol. The Morgan fingerprint density at radius 2 is 1.74 bits per heavy atom. The van der Waals surface area contributed by atoms with Gasteiger partial charge in [0.2, 0.25) is 10.0 Å². The van der Waals surface area contributed by atoms with Crippen molar-refractivity contribution in [3.05, 3.63) is 42.7 Å². The molecule has 0 spiro atoms. The molecule has 1 aromatic carbocycles. The van der Waals surface area contributed by atoms with Crippen molar-refractivity contribution in [3.8, 4) is 11.4 Å².